The lowest BCUT2D eigenvalue weighted by molar-refractivity contribution is -0.00513. The average molecular weight is 363 g/mol. The van der Waals surface area contributed by atoms with Gasteiger partial charge in [-0.1, -0.05) is 29.8 Å². The number of nitrogens with one attached hydrogen (secondary N) is 1. The topological polar surface area (TPSA) is 28.7 Å². The first kappa shape index (κ1) is 15.3. The van der Waals surface area contributed by atoms with Crippen LogP contribution in [-0.2, 0) is 5.41 Å². The Labute approximate surface area is 159 Å². The summed E-state index contributed by atoms with van der Waals surface area (Å²) in [5.74, 6) is 3.78. The lowest BCUT2D eigenvalue weighted by Gasteiger charge is -2.57. The van der Waals surface area contributed by atoms with Crippen LogP contribution >= 0.6 is 11.6 Å². The molecule has 0 spiro atoms. The van der Waals surface area contributed by atoms with Gasteiger partial charge >= 0.3 is 0 Å². The second-order valence-corrected chi connectivity index (χ2v) is 9.40. The van der Waals surface area contributed by atoms with Crippen molar-refractivity contribution in [3.63, 3.8) is 0 Å². The van der Waals surface area contributed by atoms with E-state index in [2.05, 4.69) is 23.2 Å². The largest absolute Gasteiger partial charge is 0.338 e. The summed E-state index contributed by atoms with van der Waals surface area (Å²) in [4.78, 5) is 8.32. The molecule has 0 unspecified atom stereocenters. The number of hydrogen-bond donors (Lipinski definition) is 1. The number of halogens is 1. The molecule has 3 heteroatoms. The average Bonchev–Trinajstić information content (AvgIpc) is 3.04. The predicted octanol–water partition coefficient (Wildman–Crippen LogP) is 6.35. The number of benzene rings is 2. The number of aromatic nitrogens is 2. The molecule has 0 radical (unpaired) electrons. The third kappa shape index (κ3) is 2.21. The molecule has 1 heterocycles. The highest BCUT2D eigenvalue weighted by Crippen LogP contribution is 2.60. The Morgan fingerprint density at radius 2 is 1.62 bits per heavy atom. The number of imidazole rings is 1. The van der Waals surface area contributed by atoms with E-state index in [1.54, 1.807) is 5.56 Å². The van der Waals surface area contributed by atoms with Crippen LogP contribution in [0.25, 0.3) is 22.4 Å². The summed E-state index contributed by atoms with van der Waals surface area (Å²) in [6.07, 6.45) is 8.66. The minimum Gasteiger partial charge on any atom is -0.338 e. The van der Waals surface area contributed by atoms with Gasteiger partial charge in [-0.2, -0.15) is 0 Å². The molecule has 4 saturated carbocycles. The lowest BCUT2D eigenvalue weighted by atomic mass is 9.48. The highest BCUT2D eigenvalue weighted by Gasteiger charge is 2.51. The SMILES string of the molecule is Clc1ccccc1-c1nc2ccc(C34CC5CC(CC(C5)C3)C4)cc2[nH]1. The van der Waals surface area contributed by atoms with Gasteiger partial charge in [-0.15, -0.1) is 0 Å². The Balaban J connectivity index is 1.43. The molecule has 26 heavy (non-hydrogen) atoms. The smallest absolute Gasteiger partial charge is 0.139 e. The van der Waals surface area contributed by atoms with Crippen molar-refractivity contribution in [1.82, 2.24) is 9.97 Å². The summed E-state index contributed by atoms with van der Waals surface area (Å²) in [6.45, 7) is 0. The molecule has 7 rings (SSSR count). The van der Waals surface area contributed by atoms with Crippen LogP contribution in [0.2, 0.25) is 5.02 Å². The van der Waals surface area contributed by atoms with E-state index < -0.39 is 0 Å². The molecule has 1 aromatic heterocycles. The van der Waals surface area contributed by atoms with Crippen molar-refractivity contribution in [2.75, 3.05) is 0 Å². The summed E-state index contributed by atoms with van der Waals surface area (Å²) >= 11 is 6.37. The highest BCUT2D eigenvalue weighted by atomic mass is 35.5. The molecular formula is C23H23ClN2. The summed E-state index contributed by atoms with van der Waals surface area (Å²) in [5.41, 5.74) is 5.13. The predicted molar refractivity (Wildman–Crippen MR) is 106 cm³/mol. The van der Waals surface area contributed by atoms with Crippen LogP contribution in [0.15, 0.2) is 42.5 Å². The van der Waals surface area contributed by atoms with Crippen LogP contribution in [-0.4, -0.2) is 9.97 Å². The van der Waals surface area contributed by atoms with Gasteiger partial charge in [-0.05, 0) is 91.5 Å². The number of nitrogens with zero attached hydrogens (tertiary/aromatic N) is 1. The quantitative estimate of drug-likeness (QED) is 0.565. The van der Waals surface area contributed by atoms with Gasteiger partial charge in [0.25, 0.3) is 0 Å². The second-order valence-electron chi connectivity index (χ2n) is 9.00. The molecule has 0 amide bonds. The number of fused-ring (bicyclic) bond motifs is 1. The Bertz CT molecular complexity index is 967. The Morgan fingerprint density at radius 1 is 0.923 bits per heavy atom. The summed E-state index contributed by atoms with van der Waals surface area (Å²) < 4.78 is 0. The number of hydrogen-bond acceptors (Lipinski definition) is 1. The van der Waals surface area contributed by atoms with Gasteiger partial charge in [0.1, 0.15) is 5.82 Å². The van der Waals surface area contributed by atoms with E-state index in [1.165, 1.54) is 38.5 Å². The van der Waals surface area contributed by atoms with E-state index in [-0.39, 0.29) is 0 Å². The molecule has 1 N–H and O–H groups in total. The van der Waals surface area contributed by atoms with Crippen LogP contribution in [0.3, 0.4) is 0 Å². The van der Waals surface area contributed by atoms with Crippen molar-refractivity contribution in [3.05, 3.63) is 53.1 Å². The zero-order valence-corrected chi connectivity index (χ0v) is 15.6. The molecule has 3 aromatic rings. The fourth-order valence-corrected chi connectivity index (χ4v) is 6.81. The van der Waals surface area contributed by atoms with Crippen molar-refractivity contribution in [2.45, 2.75) is 43.9 Å². The van der Waals surface area contributed by atoms with Crippen molar-refractivity contribution in [3.8, 4) is 11.4 Å². The van der Waals surface area contributed by atoms with E-state index >= 15 is 0 Å². The standard InChI is InChI=1S/C23H23ClN2/c24-19-4-2-1-3-18(19)22-25-20-6-5-17(10-21(20)26-22)23-11-14-7-15(12-23)9-16(8-14)13-23/h1-6,10,14-16H,7-9,11-13H2,(H,25,26). The van der Waals surface area contributed by atoms with Gasteiger partial charge in [0.15, 0.2) is 0 Å². The summed E-state index contributed by atoms with van der Waals surface area (Å²) in [6, 6.07) is 14.9. The maximum Gasteiger partial charge on any atom is 0.139 e. The van der Waals surface area contributed by atoms with E-state index in [0.717, 1.165) is 45.2 Å². The van der Waals surface area contributed by atoms with E-state index in [9.17, 15) is 0 Å². The Hall–Kier alpha value is -1.80. The fraction of sp³-hybridized carbons (Fsp3) is 0.435. The monoisotopic (exact) mass is 362 g/mol. The number of aromatic amines is 1. The molecular weight excluding hydrogens is 340 g/mol. The van der Waals surface area contributed by atoms with Crippen molar-refractivity contribution < 1.29 is 0 Å². The number of rotatable bonds is 2. The van der Waals surface area contributed by atoms with Gasteiger partial charge < -0.3 is 4.98 Å². The van der Waals surface area contributed by atoms with Crippen LogP contribution in [0.1, 0.15) is 44.1 Å². The Kier molecular flexibility index (Phi) is 3.15. The van der Waals surface area contributed by atoms with Crippen LogP contribution in [0, 0.1) is 17.8 Å². The second kappa shape index (κ2) is 5.36. The lowest BCUT2D eigenvalue weighted by Crippen LogP contribution is -2.48. The molecule has 4 aliphatic rings. The maximum atomic E-state index is 6.37. The van der Waals surface area contributed by atoms with Gasteiger partial charge in [0, 0.05) is 5.56 Å². The van der Waals surface area contributed by atoms with Gasteiger partial charge in [-0.25, -0.2) is 4.98 Å². The maximum absolute atomic E-state index is 6.37. The van der Waals surface area contributed by atoms with Crippen molar-refractivity contribution in [1.29, 1.82) is 0 Å². The molecule has 2 aromatic carbocycles. The van der Waals surface area contributed by atoms with Crippen LogP contribution in [0.5, 0.6) is 0 Å². The first-order valence-corrected chi connectivity index (χ1v) is 10.3. The third-order valence-corrected chi connectivity index (χ3v) is 7.59. The number of H-pyrrole nitrogens is 1. The van der Waals surface area contributed by atoms with Crippen molar-refractivity contribution >= 4 is 22.6 Å². The molecule has 0 atom stereocenters. The molecule has 4 fully saturated rings. The molecule has 2 nitrogen and oxygen atoms in total. The van der Waals surface area contributed by atoms with E-state index in [4.69, 9.17) is 16.6 Å². The first-order valence-electron chi connectivity index (χ1n) is 9.94. The van der Waals surface area contributed by atoms with E-state index in [0.29, 0.717) is 5.41 Å². The molecule has 4 bridgehead atoms. The summed E-state index contributed by atoms with van der Waals surface area (Å²) in [7, 11) is 0. The van der Waals surface area contributed by atoms with Crippen molar-refractivity contribution in [2.24, 2.45) is 17.8 Å². The molecule has 0 aliphatic heterocycles. The zero-order valence-electron chi connectivity index (χ0n) is 14.8. The Morgan fingerprint density at radius 3 is 2.31 bits per heavy atom. The minimum atomic E-state index is 0.429. The van der Waals surface area contributed by atoms with E-state index in [1.807, 2.05) is 24.3 Å². The third-order valence-electron chi connectivity index (χ3n) is 7.26. The normalized spacial score (nSPS) is 32.4. The fourth-order valence-electron chi connectivity index (χ4n) is 6.58. The summed E-state index contributed by atoms with van der Waals surface area (Å²) in [5, 5.41) is 0.743. The molecule has 132 valence electrons. The minimum absolute atomic E-state index is 0.429. The first-order chi connectivity index (χ1) is 12.7. The van der Waals surface area contributed by atoms with Crippen LogP contribution < -0.4 is 0 Å². The molecule has 0 saturated heterocycles. The van der Waals surface area contributed by atoms with Gasteiger partial charge in [-0.3, -0.25) is 0 Å². The van der Waals surface area contributed by atoms with Crippen LogP contribution in [0.4, 0.5) is 0 Å². The highest BCUT2D eigenvalue weighted by molar-refractivity contribution is 6.33. The van der Waals surface area contributed by atoms with Gasteiger partial charge in [0.05, 0.1) is 16.1 Å². The molecule has 4 aliphatic carbocycles. The zero-order chi connectivity index (χ0) is 17.3. The van der Waals surface area contributed by atoms with Gasteiger partial charge in [0.2, 0.25) is 0 Å².